The zero-order valence-electron chi connectivity index (χ0n) is 8.90. The van der Waals surface area contributed by atoms with E-state index in [4.69, 9.17) is 0 Å². The summed E-state index contributed by atoms with van der Waals surface area (Å²) >= 11 is 0. The van der Waals surface area contributed by atoms with Crippen LogP contribution >= 0.6 is 0 Å². The van der Waals surface area contributed by atoms with E-state index in [0.717, 1.165) is 22.4 Å². The number of aromatic nitrogens is 3. The Morgan fingerprint density at radius 2 is 1.71 bits per heavy atom. The molecule has 2 heterocycles. The Morgan fingerprint density at radius 1 is 0.941 bits per heavy atom. The van der Waals surface area contributed by atoms with Crippen LogP contribution in [-0.2, 0) is 0 Å². The third-order valence-corrected chi connectivity index (χ3v) is 2.48. The van der Waals surface area contributed by atoms with E-state index in [0.29, 0.717) is 0 Å². The molecule has 2 aromatic heterocycles. The zero-order valence-corrected chi connectivity index (χ0v) is 8.90. The highest BCUT2D eigenvalue weighted by Gasteiger charge is 1.99. The molecule has 3 aromatic rings. The van der Waals surface area contributed by atoms with Crippen molar-refractivity contribution in [3.05, 3.63) is 53.2 Å². The Bertz CT molecular complexity index is 699. The molecule has 0 radical (unpaired) electrons. The van der Waals surface area contributed by atoms with Crippen molar-refractivity contribution in [2.24, 2.45) is 0 Å². The summed E-state index contributed by atoms with van der Waals surface area (Å²) in [5.74, 6) is 0. The van der Waals surface area contributed by atoms with Gasteiger partial charge in [-0.3, -0.25) is 4.98 Å². The van der Waals surface area contributed by atoms with E-state index in [1.165, 1.54) is 0 Å². The standard InChI is InChI=1S/C12H10N4O/c17-12-15-10-2-1-9(7-11(10)16-12)14-8-3-5-13-6-4-8/h1-7H,(H,13,14)(H2,15,16,17). The molecule has 5 heteroatoms. The van der Waals surface area contributed by atoms with E-state index in [9.17, 15) is 4.79 Å². The molecular weight excluding hydrogens is 216 g/mol. The lowest BCUT2D eigenvalue weighted by Gasteiger charge is -2.05. The molecule has 3 rings (SSSR count). The van der Waals surface area contributed by atoms with Crippen molar-refractivity contribution < 1.29 is 0 Å². The van der Waals surface area contributed by atoms with Gasteiger partial charge in [0.05, 0.1) is 11.0 Å². The molecule has 0 saturated carbocycles. The number of hydrogen-bond donors (Lipinski definition) is 3. The lowest BCUT2D eigenvalue weighted by atomic mass is 10.2. The minimum absolute atomic E-state index is 0.193. The third-order valence-electron chi connectivity index (χ3n) is 2.48. The van der Waals surface area contributed by atoms with Gasteiger partial charge in [0.15, 0.2) is 0 Å². The first kappa shape index (κ1) is 9.65. The molecule has 0 fully saturated rings. The van der Waals surface area contributed by atoms with Crippen molar-refractivity contribution >= 4 is 22.4 Å². The monoisotopic (exact) mass is 226 g/mol. The molecule has 0 saturated heterocycles. The van der Waals surface area contributed by atoms with Gasteiger partial charge in [0.25, 0.3) is 0 Å². The van der Waals surface area contributed by atoms with Crippen molar-refractivity contribution in [3.63, 3.8) is 0 Å². The van der Waals surface area contributed by atoms with Crippen LogP contribution < -0.4 is 11.0 Å². The Labute approximate surface area is 96.5 Å². The summed E-state index contributed by atoms with van der Waals surface area (Å²) < 4.78 is 0. The molecule has 5 nitrogen and oxygen atoms in total. The van der Waals surface area contributed by atoms with Gasteiger partial charge in [-0.25, -0.2) is 4.79 Å². The number of H-pyrrole nitrogens is 2. The third kappa shape index (κ3) is 1.90. The Balaban J connectivity index is 1.98. The van der Waals surface area contributed by atoms with Gasteiger partial charge in [0.2, 0.25) is 0 Å². The van der Waals surface area contributed by atoms with Gasteiger partial charge in [-0.05, 0) is 30.3 Å². The molecule has 0 amide bonds. The topological polar surface area (TPSA) is 73.6 Å². The highest BCUT2D eigenvalue weighted by molar-refractivity contribution is 5.80. The number of aromatic amines is 2. The molecule has 84 valence electrons. The molecule has 0 aliphatic carbocycles. The highest BCUT2D eigenvalue weighted by atomic mass is 16.1. The molecule has 0 unspecified atom stereocenters. The minimum Gasteiger partial charge on any atom is -0.355 e. The Hall–Kier alpha value is -2.56. The fourth-order valence-electron chi connectivity index (χ4n) is 1.71. The average molecular weight is 226 g/mol. The summed E-state index contributed by atoms with van der Waals surface area (Å²) in [6.07, 6.45) is 3.44. The second-order valence-corrected chi connectivity index (χ2v) is 3.70. The molecule has 0 bridgehead atoms. The number of hydrogen-bond acceptors (Lipinski definition) is 3. The number of fused-ring (bicyclic) bond motifs is 1. The van der Waals surface area contributed by atoms with E-state index in [1.54, 1.807) is 12.4 Å². The first-order valence-corrected chi connectivity index (χ1v) is 5.20. The van der Waals surface area contributed by atoms with Crippen molar-refractivity contribution in [2.75, 3.05) is 5.32 Å². The van der Waals surface area contributed by atoms with Crippen LogP contribution in [0.2, 0.25) is 0 Å². The summed E-state index contributed by atoms with van der Waals surface area (Å²) in [6.45, 7) is 0. The van der Waals surface area contributed by atoms with Crippen molar-refractivity contribution in [1.29, 1.82) is 0 Å². The summed E-state index contributed by atoms with van der Waals surface area (Å²) in [4.78, 5) is 20.5. The molecule has 17 heavy (non-hydrogen) atoms. The van der Waals surface area contributed by atoms with Crippen LogP contribution in [0, 0.1) is 0 Å². The van der Waals surface area contributed by atoms with Gasteiger partial charge >= 0.3 is 5.69 Å². The number of nitrogens with zero attached hydrogens (tertiary/aromatic N) is 1. The van der Waals surface area contributed by atoms with E-state index in [1.807, 2.05) is 30.3 Å². The van der Waals surface area contributed by atoms with Crippen LogP contribution in [0.3, 0.4) is 0 Å². The van der Waals surface area contributed by atoms with Crippen LogP contribution in [0.1, 0.15) is 0 Å². The summed E-state index contributed by atoms with van der Waals surface area (Å²) in [7, 11) is 0. The first-order valence-electron chi connectivity index (χ1n) is 5.20. The lowest BCUT2D eigenvalue weighted by molar-refractivity contribution is 1.22. The summed E-state index contributed by atoms with van der Waals surface area (Å²) in [5.41, 5.74) is 3.27. The SMILES string of the molecule is O=c1[nH]c2ccc(Nc3ccncc3)cc2[nH]1. The quantitative estimate of drug-likeness (QED) is 0.625. The van der Waals surface area contributed by atoms with E-state index in [-0.39, 0.29) is 5.69 Å². The maximum atomic E-state index is 11.1. The average Bonchev–Trinajstić information content (AvgIpc) is 2.70. The first-order chi connectivity index (χ1) is 8.31. The summed E-state index contributed by atoms with van der Waals surface area (Å²) in [6, 6.07) is 9.41. The summed E-state index contributed by atoms with van der Waals surface area (Å²) in [5, 5.41) is 3.23. The Kier molecular flexibility index (Phi) is 2.15. The van der Waals surface area contributed by atoms with Gasteiger partial charge in [-0.2, -0.15) is 0 Å². The van der Waals surface area contributed by atoms with Crippen LogP contribution in [-0.4, -0.2) is 15.0 Å². The number of nitrogens with one attached hydrogen (secondary N) is 3. The molecule has 0 aliphatic heterocycles. The number of imidazole rings is 1. The zero-order chi connectivity index (χ0) is 11.7. The van der Waals surface area contributed by atoms with Crippen LogP contribution in [0.4, 0.5) is 11.4 Å². The molecule has 1 aromatic carbocycles. The number of pyridine rings is 1. The minimum atomic E-state index is -0.193. The molecule has 0 aliphatic rings. The smallest absolute Gasteiger partial charge is 0.323 e. The number of anilines is 2. The second-order valence-electron chi connectivity index (χ2n) is 3.70. The van der Waals surface area contributed by atoms with Gasteiger partial charge < -0.3 is 15.3 Å². The van der Waals surface area contributed by atoms with Gasteiger partial charge in [-0.15, -0.1) is 0 Å². The second kappa shape index (κ2) is 3.79. The van der Waals surface area contributed by atoms with Crippen molar-refractivity contribution in [2.45, 2.75) is 0 Å². The van der Waals surface area contributed by atoms with E-state index in [2.05, 4.69) is 20.3 Å². The molecular formula is C12H10N4O. The van der Waals surface area contributed by atoms with Gasteiger partial charge in [0, 0.05) is 23.8 Å². The molecule has 3 N–H and O–H groups in total. The number of rotatable bonds is 2. The van der Waals surface area contributed by atoms with E-state index < -0.39 is 0 Å². The Morgan fingerprint density at radius 3 is 2.53 bits per heavy atom. The maximum absolute atomic E-state index is 11.1. The van der Waals surface area contributed by atoms with Crippen molar-refractivity contribution in [3.8, 4) is 0 Å². The van der Waals surface area contributed by atoms with Crippen molar-refractivity contribution in [1.82, 2.24) is 15.0 Å². The van der Waals surface area contributed by atoms with E-state index >= 15 is 0 Å². The highest BCUT2D eigenvalue weighted by Crippen LogP contribution is 2.18. The van der Waals surface area contributed by atoms with Gasteiger partial charge in [0.1, 0.15) is 0 Å². The van der Waals surface area contributed by atoms with Crippen LogP contribution in [0.25, 0.3) is 11.0 Å². The fraction of sp³-hybridized carbons (Fsp3) is 0. The lowest BCUT2D eigenvalue weighted by Crippen LogP contribution is -1.99. The largest absolute Gasteiger partial charge is 0.355 e. The number of benzene rings is 1. The van der Waals surface area contributed by atoms with Crippen LogP contribution in [0.5, 0.6) is 0 Å². The fourth-order valence-corrected chi connectivity index (χ4v) is 1.71. The normalized spacial score (nSPS) is 10.6. The predicted octanol–water partition coefficient (Wildman–Crippen LogP) is 1.99. The molecule has 0 atom stereocenters. The van der Waals surface area contributed by atoms with Crippen LogP contribution in [0.15, 0.2) is 47.5 Å². The van der Waals surface area contributed by atoms with Gasteiger partial charge in [-0.1, -0.05) is 0 Å². The predicted molar refractivity (Wildman–Crippen MR) is 66.4 cm³/mol. The molecule has 0 spiro atoms. The maximum Gasteiger partial charge on any atom is 0.323 e.